The lowest BCUT2D eigenvalue weighted by Crippen LogP contribution is -2.25. The Kier molecular flexibility index (Phi) is 6.11. The van der Waals surface area contributed by atoms with Crippen LogP contribution in [0.1, 0.15) is 66.6 Å². The molecule has 0 aliphatic carbocycles. The summed E-state index contributed by atoms with van der Waals surface area (Å²) in [7, 11) is 0. The minimum absolute atomic E-state index is 0.00902. The van der Waals surface area contributed by atoms with Gasteiger partial charge in [0, 0.05) is 12.1 Å². The zero-order valence-electron chi connectivity index (χ0n) is 18.9. The molecule has 0 saturated heterocycles. The van der Waals surface area contributed by atoms with Crippen molar-refractivity contribution in [2.75, 3.05) is 0 Å². The number of nitrogens with zero attached hydrogens (tertiary/aromatic N) is 2. The van der Waals surface area contributed by atoms with Gasteiger partial charge >= 0.3 is 5.97 Å². The molecule has 0 spiro atoms. The molecule has 0 N–H and O–H groups in total. The van der Waals surface area contributed by atoms with Crippen LogP contribution in [-0.4, -0.2) is 27.4 Å². The molecule has 6 heteroatoms. The molecule has 0 amide bonds. The summed E-state index contributed by atoms with van der Waals surface area (Å²) in [5.41, 5.74) is 3.29. The first kappa shape index (κ1) is 22.4. The molecule has 3 rings (SSSR count). The average Bonchev–Trinajstić information content (AvgIpc) is 2.73. The van der Waals surface area contributed by atoms with Crippen LogP contribution in [0.15, 0.2) is 47.3 Å². The predicted molar refractivity (Wildman–Crippen MR) is 121 cm³/mol. The first-order valence-corrected chi connectivity index (χ1v) is 10.4. The van der Waals surface area contributed by atoms with Gasteiger partial charge in [-0.25, -0.2) is 9.78 Å². The Bertz CT molecular complexity index is 1200. The topological polar surface area (TPSA) is 78.3 Å². The number of rotatable bonds is 5. The van der Waals surface area contributed by atoms with Gasteiger partial charge in [0.1, 0.15) is 5.69 Å². The molecule has 1 aromatic heterocycles. The van der Waals surface area contributed by atoms with Crippen molar-refractivity contribution < 1.29 is 14.3 Å². The van der Waals surface area contributed by atoms with Crippen LogP contribution in [0, 0.1) is 6.92 Å². The van der Waals surface area contributed by atoms with Gasteiger partial charge in [0.15, 0.2) is 6.10 Å². The van der Waals surface area contributed by atoms with Crippen molar-refractivity contribution in [3.05, 3.63) is 75.2 Å². The van der Waals surface area contributed by atoms with Gasteiger partial charge in [-0.1, -0.05) is 45.0 Å². The van der Waals surface area contributed by atoms with Gasteiger partial charge < -0.3 is 9.30 Å². The number of Topliss-reactive ketones (excluding diaryl/α,β-unsaturated/α-hetero) is 1. The summed E-state index contributed by atoms with van der Waals surface area (Å²) in [6.45, 7) is 11.9. The van der Waals surface area contributed by atoms with Crippen LogP contribution < -0.4 is 5.56 Å². The van der Waals surface area contributed by atoms with E-state index in [1.165, 1.54) is 0 Å². The lowest BCUT2D eigenvalue weighted by molar-refractivity contribution is 0.0319. The van der Waals surface area contributed by atoms with Crippen molar-refractivity contribution in [2.45, 2.75) is 59.6 Å². The molecule has 3 aromatic rings. The van der Waals surface area contributed by atoms with Gasteiger partial charge in [-0.3, -0.25) is 9.59 Å². The highest BCUT2D eigenvalue weighted by Crippen LogP contribution is 2.23. The molecule has 162 valence electrons. The van der Waals surface area contributed by atoms with E-state index in [9.17, 15) is 14.4 Å². The SMILES string of the molecule is CCn1c(=O)c(C)nc2cc(C(=O)O[C@H](C)C(=O)c3ccc(C(C)(C)C)cc3)ccc21. The standard InChI is InChI=1S/C25H28N2O4/c1-7-27-21-13-10-18(14-20(21)26-15(2)23(27)29)24(30)31-16(3)22(28)17-8-11-19(12-9-17)25(4,5)6/h8-14,16H,7H2,1-6H3/t16-/m1/s1. The molecule has 0 unspecified atom stereocenters. The normalized spacial score (nSPS) is 12.6. The summed E-state index contributed by atoms with van der Waals surface area (Å²) in [6, 6.07) is 12.2. The molecular formula is C25H28N2O4. The molecule has 0 aliphatic rings. The van der Waals surface area contributed by atoms with Crippen LogP contribution in [0.2, 0.25) is 0 Å². The smallest absolute Gasteiger partial charge is 0.338 e. The third-order valence-corrected chi connectivity index (χ3v) is 5.35. The fourth-order valence-corrected chi connectivity index (χ4v) is 3.47. The quantitative estimate of drug-likeness (QED) is 0.450. The molecular weight excluding hydrogens is 392 g/mol. The Hall–Kier alpha value is -3.28. The first-order chi connectivity index (χ1) is 14.5. The molecule has 0 bridgehead atoms. The Morgan fingerprint density at radius 2 is 1.68 bits per heavy atom. The van der Waals surface area contributed by atoms with Gasteiger partial charge in [-0.15, -0.1) is 0 Å². The number of aromatic nitrogens is 2. The number of hydrogen-bond donors (Lipinski definition) is 0. The van der Waals surface area contributed by atoms with E-state index >= 15 is 0 Å². The molecule has 2 aromatic carbocycles. The Morgan fingerprint density at radius 1 is 1.06 bits per heavy atom. The highest BCUT2D eigenvalue weighted by atomic mass is 16.5. The maximum atomic E-state index is 12.7. The minimum Gasteiger partial charge on any atom is -0.451 e. The van der Waals surface area contributed by atoms with Crippen LogP contribution in [0.3, 0.4) is 0 Å². The van der Waals surface area contributed by atoms with Gasteiger partial charge in [0.05, 0.1) is 16.6 Å². The lowest BCUT2D eigenvalue weighted by atomic mass is 9.86. The number of fused-ring (bicyclic) bond motifs is 1. The average molecular weight is 421 g/mol. The maximum Gasteiger partial charge on any atom is 0.338 e. The number of carbonyl (C=O) groups excluding carboxylic acids is 2. The van der Waals surface area contributed by atoms with E-state index in [-0.39, 0.29) is 22.3 Å². The van der Waals surface area contributed by atoms with E-state index in [4.69, 9.17) is 4.74 Å². The molecule has 1 atom stereocenters. The van der Waals surface area contributed by atoms with Crippen molar-refractivity contribution in [1.29, 1.82) is 0 Å². The van der Waals surface area contributed by atoms with Crippen molar-refractivity contribution in [2.24, 2.45) is 0 Å². The van der Waals surface area contributed by atoms with E-state index in [2.05, 4.69) is 25.8 Å². The molecule has 0 aliphatic heterocycles. The zero-order valence-corrected chi connectivity index (χ0v) is 18.9. The second-order valence-corrected chi connectivity index (χ2v) is 8.69. The van der Waals surface area contributed by atoms with Crippen LogP contribution >= 0.6 is 0 Å². The Morgan fingerprint density at radius 3 is 2.26 bits per heavy atom. The molecule has 0 saturated carbocycles. The van der Waals surface area contributed by atoms with E-state index in [1.807, 2.05) is 19.1 Å². The lowest BCUT2D eigenvalue weighted by Gasteiger charge is -2.19. The fourth-order valence-electron chi connectivity index (χ4n) is 3.47. The summed E-state index contributed by atoms with van der Waals surface area (Å²) in [5, 5.41) is 0. The number of ketones is 1. The monoisotopic (exact) mass is 420 g/mol. The minimum atomic E-state index is -0.928. The zero-order chi connectivity index (χ0) is 22.9. The summed E-state index contributed by atoms with van der Waals surface area (Å²) >= 11 is 0. The van der Waals surface area contributed by atoms with Crippen molar-refractivity contribution in [1.82, 2.24) is 9.55 Å². The Balaban J connectivity index is 1.80. The number of aryl methyl sites for hydroxylation is 2. The molecule has 0 radical (unpaired) electrons. The van der Waals surface area contributed by atoms with Crippen LogP contribution in [0.25, 0.3) is 11.0 Å². The number of carbonyl (C=O) groups is 2. The largest absolute Gasteiger partial charge is 0.451 e. The van der Waals surface area contributed by atoms with Gasteiger partial charge in [0.25, 0.3) is 5.56 Å². The summed E-state index contributed by atoms with van der Waals surface area (Å²) in [5.74, 6) is -0.869. The highest BCUT2D eigenvalue weighted by Gasteiger charge is 2.22. The van der Waals surface area contributed by atoms with Crippen molar-refractivity contribution in [3.8, 4) is 0 Å². The highest BCUT2D eigenvalue weighted by molar-refractivity contribution is 6.02. The van der Waals surface area contributed by atoms with E-state index in [0.717, 1.165) is 5.56 Å². The van der Waals surface area contributed by atoms with E-state index in [1.54, 1.807) is 48.7 Å². The molecule has 6 nitrogen and oxygen atoms in total. The second-order valence-electron chi connectivity index (χ2n) is 8.69. The van der Waals surface area contributed by atoms with Crippen LogP contribution in [-0.2, 0) is 16.7 Å². The van der Waals surface area contributed by atoms with Crippen molar-refractivity contribution >= 4 is 22.8 Å². The molecule has 0 fully saturated rings. The van der Waals surface area contributed by atoms with E-state index < -0.39 is 12.1 Å². The number of benzene rings is 2. The predicted octanol–water partition coefficient (Wildman–Crippen LogP) is 4.45. The first-order valence-electron chi connectivity index (χ1n) is 10.4. The fraction of sp³-hybridized carbons (Fsp3) is 0.360. The third-order valence-electron chi connectivity index (χ3n) is 5.35. The van der Waals surface area contributed by atoms with Gasteiger partial charge in [-0.05, 0) is 49.9 Å². The number of ether oxygens (including phenoxy) is 1. The van der Waals surface area contributed by atoms with E-state index in [0.29, 0.717) is 28.8 Å². The van der Waals surface area contributed by atoms with Crippen molar-refractivity contribution in [3.63, 3.8) is 0 Å². The van der Waals surface area contributed by atoms with Gasteiger partial charge in [-0.2, -0.15) is 0 Å². The number of esters is 1. The summed E-state index contributed by atoms with van der Waals surface area (Å²) in [6.07, 6.45) is -0.928. The third kappa shape index (κ3) is 4.58. The molecule has 31 heavy (non-hydrogen) atoms. The maximum absolute atomic E-state index is 12.7. The number of hydrogen-bond acceptors (Lipinski definition) is 5. The molecule has 1 heterocycles. The summed E-state index contributed by atoms with van der Waals surface area (Å²) < 4.78 is 7.04. The second kappa shape index (κ2) is 8.46. The van der Waals surface area contributed by atoms with Gasteiger partial charge in [0.2, 0.25) is 5.78 Å². The van der Waals surface area contributed by atoms with Crippen LogP contribution in [0.5, 0.6) is 0 Å². The summed E-state index contributed by atoms with van der Waals surface area (Å²) in [4.78, 5) is 41.9. The van der Waals surface area contributed by atoms with Crippen LogP contribution in [0.4, 0.5) is 0 Å². The Labute approximate surface area is 181 Å².